The van der Waals surface area contributed by atoms with Crippen molar-refractivity contribution >= 4 is 22.8 Å². The molecule has 1 amide bonds. The van der Waals surface area contributed by atoms with Crippen molar-refractivity contribution in [2.45, 2.75) is 50.4 Å². The number of benzene rings is 1. The van der Waals surface area contributed by atoms with E-state index < -0.39 is 0 Å². The number of carbonyl (C=O) groups is 2. The first-order valence-corrected chi connectivity index (χ1v) is 10.6. The predicted molar refractivity (Wildman–Crippen MR) is 113 cm³/mol. The highest BCUT2D eigenvalue weighted by atomic mass is 16.6. The summed E-state index contributed by atoms with van der Waals surface area (Å²) in [5.74, 6) is -0.460. The second-order valence-electron chi connectivity index (χ2n) is 8.75. The van der Waals surface area contributed by atoms with E-state index in [1.165, 1.54) is 0 Å². The number of hydrogen-bond acceptors (Lipinski definition) is 4. The monoisotopic (exact) mass is 406 g/mol. The van der Waals surface area contributed by atoms with Gasteiger partial charge in [-0.2, -0.15) is 0 Å². The van der Waals surface area contributed by atoms with Gasteiger partial charge < -0.3 is 19.8 Å². The summed E-state index contributed by atoms with van der Waals surface area (Å²) in [5.41, 5.74) is 2.96. The van der Waals surface area contributed by atoms with Gasteiger partial charge in [-0.1, -0.05) is 36.4 Å². The zero-order valence-corrected chi connectivity index (χ0v) is 17.1. The number of epoxide rings is 1. The molecule has 2 saturated heterocycles. The third-order valence-electron chi connectivity index (χ3n) is 6.69. The average Bonchev–Trinajstić information content (AvgIpc) is 3.07. The number of amides is 1. The fourth-order valence-corrected chi connectivity index (χ4v) is 4.77. The van der Waals surface area contributed by atoms with Crippen molar-refractivity contribution in [2.75, 3.05) is 6.54 Å². The minimum Gasteiger partial charge on any atom is -0.455 e. The molecule has 2 aromatic rings. The normalized spacial score (nSPS) is 30.8. The molecule has 1 aromatic carbocycles. The van der Waals surface area contributed by atoms with E-state index in [1.807, 2.05) is 30.3 Å². The van der Waals surface area contributed by atoms with Gasteiger partial charge in [0.25, 0.3) is 5.91 Å². The van der Waals surface area contributed by atoms with E-state index in [4.69, 9.17) is 9.47 Å². The maximum atomic E-state index is 12.7. The van der Waals surface area contributed by atoms with Crippen LogP contribution in [0.5, 0.6) is 0 Å². The molecule has 0 bridgehead atoms. The molecule has 3 heterocycles. The number of fused-ring (bicyclic) bond motifs is 4. The third kappa shape index (κ3) is 3.35. The first-order chi connectivity index (χ1) is 14.4. The lowest BCUT2D eigenvalue weighted by Crippen LogP contribution is -2.30. The van der Waals surface area contributed by atoms with E-state index in [-0.39, 0.29) is 35.6 Å². The van der Waals surface area contributed by atoms with Crippen LogP contribution in [0.15, 0.2) is 54.1 Å². The highest BCUT2D eigenvalue weighted by molar-refractivity contribution is 5.98. The summed E-state index contributed by atoms with van der Waals surface area (Å²) in [5, 5.41) is 4.05. The Morgan fingerprint density at radius 1 is 1.37 bits per heavy atom. The van der Waals surface area contributed by atoms with E-state index >= 15 is 0 Å². The van der Waals surface area contributed by atoms with Crippen LogP contribution in [0.3, 0.4) is 0 Å². The molecule has 4 atom stereocenters. The van der Waals surface area contributed by atoms with Crippen LogP contribution in [0.1, 0.15) is 43.1 Å². The number of hydrogen-bond donors (Lipinski definition) is 2. The van der Waals surface area contributed by atoms with Gasteiger partial charge in [-0.05, 0) is 44.7 Å². The molecule has 2 aliphatic heterocycles. The van der Waals surface area contributed by atoms with Crippen molar-refractivity contribution in [3.8, 4) is 0 Å². The molecule has 2 fully saturated rings. The summed E-state index contributed by atoms with van der Waals surface area (Å²) in [7, 11) is 0. The van der Waals surface area contributed by atoms with Crippen molar-refractivity contribution in [3.63, 3.8) is 0 Å². The van der Waals surface area contributed by atoms with Gasteiger partial charge >= 0.3 is 5.97 Å². The summed E-state index contributed by atoms with van der Waals surface area (Å²) in [6.07, 6.45) is 5.21. The second-order valence-corrected chi connectivity index (χ2v) is 8.75. The lowest BCUT2D eigenvalue weighted by atomic mass is 9.84. The maximum Gasteiger partial charge on any atom is 0.334 e. The number of nitrogens with one attached hydrogen (secondary N) is 2. The molecule has 1 aromatic heterocycles. The van der Waals surface area contributed by atoms with Crippen LogP contribution in [0.4, 0.5) is 0 Å². The average molecular weight is 406 g/mol. The molecule has 0 saturated carbocycles. The van der Waals surface area contributed by atoms with Crippen LogP contribution in [0.25, 0.3) is 10.9 Å². The molecule has 0 radical (unpaired) electrons. The van der Waals surface area contributed by atoms with Crippen LogP contribution in [-0.2, 0) is 14.3 Å². The predicted octanol–water partition coefficient (Wildman–Crippen LogP) is 3.65. The standard InChI is InChI=1S/C24H26N2O4/c1-14-17-10-9-15(6-5-11-24(2)21(30-24)20(17)29-23(14)28)13-25-22(27)19-12-16-7-3-4-8-18(16)26-19/h3-4,6-8,12,17,20-21,26H,1,5,9-11,13H2,2H3,(H,25,27)/t17-,20-,21-,24+/m0/s1. The molecule has 3 aliphatic rings. The smallest absolute Gasteiger partial charge is 0.334 e. The first kappa shape index (κ1) is 19.1. The number of ether oxygens (including phenoxy) is 2. The van der Waals surface area contributed by atoms with Crippen molar-refractivity contribution < 1.29 is 19.1 Å². The minimum absolute atomic E-state index is 0.0322. The lowest BCUT2D eigenvalue weighted by Gasteiger charge is -2.20. The van der Waals surface area contributed by atoms with Crippen LogP contribution >= 0.6 is 0 Å². The van der Waals surface area contributed by atoms with Gasteiger partial charge in [0.2, 0.25) is 0 Å². The Labute approximate surface area is 175 Å². The summed E-state index contributed by atoms with van der Waals surface area (Å²) in [6, 6.07) is 9.70. The number of para-hydroxylation sites is 1. The van der Waals surface area contributed by atoms with Gasteiger partial charge in [-0.25, -0.2) is 4.79 Å². The van der Waals surface area contributed by atoms with E-state index in [9.17, 15) is 9.59 Å². The minimum atomic E-state index is -0.306. The zero-order valence-electron chi connectivity index (χ0n) is 17.1. The quantitative estimate of drug-likeness (QED) is 0.353. The molecule has 6 heteroatoms. The largest absolute Gasteiger partial charge is 0.455 e. The Morgan fingerprint density at radius 2 is 2.20 bits per heavy atom. The fourth-order valence-electron chi connectivity index (χ4n) is 4.77. The maximum absolute atomic E-state index is 12.7. The number of H-pyrrole nitrogens is 1. The van der Waals surface area contributed by atoms with Crippen molar-refractivity contribution in [3.05, 3.63) is 59.8 Å². The first-order valence-electron chi connectivity index (χ1n) is 10.6. The molecule has 156 valence electrons. The van der Waals surface area contributed by atoms with E-state index in [0.717, 1.165) is 42.2 Å². The zero-order chi connectivity index (χ0) is 20.9. The van der Waals surface area contributed by atoms with E-state index in [2.05, 4.69) is 29.9 Å². The van der Waals surface area contributed by atoms with Gasteiger partial charge in [0.15, 0.2) is 0 Å². The van der Waals surface area contributed by atoms with Crippen LogP contribution < -0.4 is 5.32 Å². The van der Waals surface area contributed by atoms with Crippen molar-refractivity contribution in [1.82, 2.24) is 10.3 Å². The van der Waals surface area contributed by atoms with Crippen molar-refractivity contribution in [2.24, 2.45) is 5.92 Å². The lowest BCUT2D eigenvalue weighted by molar-refractivity contribution is -0.140. The SMILES string of the molecule is C=C1C(=O)O[C@H]2[C@H]1CCC(CNC(=O)c1cc3ccccc3[nH]1)=CCC[C@@]1(C)O[C@@H]21. The van der Waals surface area contributed by atoms with Gasteiger partial charge in [0, 0.05) is 28.9 Å². The molecular formula is C24H26N2O4. The number of allylic oxidation sites excluding steroid dienone is 1. The summed E-state index contributed by atoms with van der Waals surface area (Å²) < 4.78 is 11.5. The number of carbonyl (C=O) groups excluding carboxylic acids is 2. The summed E-state index contributed by atoms with van der Waals surface area (Å²) in [6.45, 7) is 6.52. The van der Waals surface area contributed by atoms with Gasteiger partial charge in [-0.3, -0.25) is 4.79 Å². The summed E-state index contributed by atoms with van der Waals surface area (Å²) >= 11 is 0. The molecule has 0 unspecified atom stereocenters. The Morgan fingerprint density at radius 3 is 3.03 bits per heavy atom. The number of esters is 1. The highest BCUT2D eigenvalue weighted by Gasteiger charge is 2.61. The number of rotatable bonds is 3. The van der Waals surface area contributed by atoms with Crippen LogP contribution in [0.2, 0.25) is 0 Å². The Bertz CT molecular complexity index is 1040. The molecule has 1 aliphatic carbocycles. The topological polar surface area (TPSA) is 83.7 Å². The molecule has 5 rings (SSSR count). The van der Waals surface area contributed by atoms with E-state index in [1.54, 1.807) is 0 Å². The Kier molecular flexibility index (Phi) is 4.54. The van der Waals surface area contributed by atoms with Gasteiger partial charge in [-0.15, -0.1) is 0 Å². The molecular weight excluding hydrogens is 380 g/mol. The molecule has 6 nitrogen and oxygen atoms in total. The van der Waals surface area contributed by atoms with Gasteiger partial charge in [0.1, 0.15) is 17.9 Å². The fraction of sp³-hybridized carbons (Fsp3) is 0.417. The van der Waals surface area contributed by atoms with Gasteiger partial charge in [0.05, 0.1) is 5.60 Å². The third-order valence-corrected chi connectivity index (χ3v) is 6.69. The number of aromatic nitrogens is 1. The van der Waals surface area contributed by atoms with Crippen LogP contribution in [-0.4, -0.2) is 41.2 Å². The second kappa shape index (κ2) is 7.13. The Hall–Kier alpha value is -2.86. The van der Waals surface area contributed by atoms with Crippen molar-refractivity contribution in [1.29, 1.82) is 0 Å². The molecule has 0 spiro atoms. The number of aromatic amines is 1. The molecule has 2 N–H and O–H groups in total. The Balaban J connectivity index is 1.28. The highest BCUT2D eigenvalue weighted by Crippen LogP contribution is 2.49. The molecule has 30 heavy (non-hydrogen) atoms. The summed E-state index contributed by atoms with van der Waals surface area (Å²) in [4.78, 5) is 27.9. The van der Waals surface area contributed by atoms with E-state index in [0.29, 0.717) is 17.8 Å². The van der Waals surface area contributed by atoms with Crippen LogP contribution in [0, 0.1) is 5.92 Å².